The molecule has 1 atom stereocenters. The molecule has 1 aromatic rings. The highest BCUT2D eigenvalue weighted by atomic mass is 16.5. The molecular weight excluding hydrogens is 694 g/mol. The molecule has 3 rings (SSSR count). The first kappa shape index (κ1) is 41.9. The van der Waals surface area contributed by atoms with E-state index < -0.39 is 54.6 Å². The van der Waals surface area contributed by atoms with Crippen molar-refractivity contribution < 1.29 is 52.6 Å². The van der Waals surface area contributed by atoms with Crippen molar-refractivity contribution in [2.45, 2.75) is 38.6 Å². The molecule has 0 bridgehead atoms. The van der Waals surface area contributed by atoms with Gasteiger partial charge in [-0.05, 0) is 12.5 Å². The number of rotatable bonds is 16. The van der Waals surface area contributed by atoms with Gasteiger partial charge in [0.05, 0.1) is 46.1 Å². The van der Waals surface area contributed by atoms with Crippen molar-refractivity contribution in [3.8, 4) is 0 Å². The van der Waals surface area contributed by atoms with Crippen LogP contribution in [0.4, 0.5) is 0 Å². The number of hydrogen-bond donors (Lipinski definition) is 4. The van der Waals surface area contributed by atoms with Gasteiger partial charge in [0.1, 0.15) is 11.8 Å². The first-order valence-corrected chi connectivity index (χ1v) is 17.3. The minimum Gasteiger partial charge on any atom is -0.378 e. The summed E-state index contributed by atoms with van der Waals surface area (Å²) in [7, 11) is 0. The molecule has 0 radical (unpaired) electrons. The topological polar surface area (TPSA) is 230 Å². The van der Waals surface area contributed by atoms with Gasteiger partial charge in [-0.1, -0.05) is 30.3 Å². The van der Waals surface area contributed by atoms with Crippen molar-refractivity contribution in [2.75, 3.05) is 78.8 Å². The van der Waals surface area contributed by atoms with Crippen LogP contribution in [-0.4, -0.2) is 153 Å². The highest BCUT2D eigenvalue weighted by molar-refractivity contribution is 6.13. The second kappa shape index (κ2) is 22.4. The summed E-state index contributed by atoms with van der Waals surface area (Å²) in [5.41, 5.74) is 0.775. The molecule has 1 aromatic carbocycles. The van der Waals surface area contributed by atoms with E-state index in [2.05, 4.69) is 21.3 Å². The lowest BCUT2D eigenvalue weighted by molar-refractivity contribution is -0.139. The van der Waals surface area contributed by atoms with Crippen LogP contribution in [0.1, 0.15) is 31.7 Å². The second-order valence-electron chi connectivity index (χ2n) is 12.2. The Labute approximate surface area is 306 Å². The highest BCUT2D eigenvalue weighted by Gasteiger charge is 2.25. The Bertz CT molecular complexity index is 1490. The van der Waals surface area contributed by atoms with E-state index in [4.69, 9.17) is 9.47 Å². The lowest BCUT2D eigenvalue weighted by atomic mass is 10.1. The predicted molar refractivity (Wildman–Crippen MR) is 186 cm³/mol. The molecule has 1 fully saturated rings. The van der Waals surface area contributed by atoms with Crippen LogP contribution in [0.3, 0.4) is 0 Å². The Morgan fingerprint density at radius 3 is 1.75 bits per heavy atom. The van der Waals surface area contributed by atoms with Crippen LogP contribution in [0.15, 0.2) is 42.5 Å². The van der Waals surface area contributed by atoms with Crippen molar-refractivity contribution in [2.24, 2.45) is 0 Å². The maximum absolute atomic E-state index is 12.9. The molecule has 8 amide bonds. The summed E-state index contributed by atoms with van der Waals surface area (Å²) in [4.78, 5) is 114. The number of ether oxygens (including phenoxy) is 2. The van der Waals surface area contributed by atoms with Gasteiger partial charge >= 0.3 is 0 Å². The monoisotopic (exact) mass is 741 g/mol. The van der Waals surface area contributed by atoms with Crippen molar-refractivity contribution in [1.29, 1.82) is 0 Å². The molecule has 0 unspecified atom stereocenters. The summed E-state index contributed by atoms with van der Waals surface area (Å²) in [6.45, 7) is 1.87. The summed E-state index contributed by atoms with van der Waals surface area (Å²) < 4.78 is 11.3. The van der Waals surface area contributed by atoms with Gasteiger partial charge in [-0.25, -0.2) is 0 Å². The van der Waals surface area contributed by atoms with Crippen LogP contribution >= 0.6 is 0 Å². The van der Waals surface area contributed by atoms with Gasteiger partial charge in [0.15, 0.2) is 0 Å². The largest absolute Gasteiger partial charge is 0.378 e. The van der Waals surface area contributed by atoms with Crippen LogP contribution in [0.5, 0.6) is 0 Å². The third kappa shape index (κ3) is 15.7. The lowest BCUT2D eigenvalue weighted by Crippen LogP contribution is -2.51. The fourth-order valence-electron chi connectivity index (χ4n) is 5.17. The van der Waals surface area contributed by atoms with Crippen molar-refractivity contribution in [1.82, 2.24) is 36.0 Å². The van der Waals surface area contributed by atoms with Crippen LogP contribution < -0.4 is 21.3 Å². The minimum atomic E-state index is -0.994. The van der Waals surface area contributed by atoms with E-state index in [1.165, 1.54) is 11.8 Å². The number of nitrogens with one attached hydrogen (secondary N) is 4. The maximum Gasteiger partial charge on any atom is 0.253 e. The molecule has 18 nitrogen and oxygen atoms in total. The van der Waals surface area contributed by atoms with E-state index in [0.29, 0.717) is 0 Å². The van der Waals surface area contributed by atoms with E-state index in [9.17, 15) is 43.2 Å². The number of carbonyl (C=O) groups excluding carboxylic acids is 9. The van der Waals surface area contributed by atoms with Gasteiger partial charge < -0.3 is 40.5 Å². The number of hydrogen-bond acceptors (Lipinski definition) is 11. The van der Waals surface area contributed by atoms with Gasteiger partial charge in [-0.3, -0.25) is 48.1 Å². The van der Waals surface area contributed by atoms with Crippen LogP contribution in [0.2, 0.25) is 0 Å². The normalized spacial score (nSPS) is 15.8. The molecule has 0 aliphatic carbocycles. The van der Waals surface area contributed by atoms with Gasteiger partial charge in [0.25, 0.3) is 11.8 Å². The number of amides is 8. The highest BCUT2D eigenvalue weighted by Crippen LogP contribution is 2.07. The van der Waals surface area contributed by atoms with E-state index >= 15 is 0 Å². The number of Topliss-reactive ketones (excluding diaryl/α,β-unsaturated/α-hetero) is 1. The van der Waals surface area contributed by atoms with Gasteiger partial charge in [-0.2, -0.15) is 0 Å². The minimum absolute atomic E-state index is 0.0211. The Hall–Kier alpha value is -5.49. The molecule has 4 N–H and O–H groups in total. The molecule has 0 spiro atoms. The SMILES string of the molecule is CC(=O)CNC(=O)[C@H](Cc1ccccc1)NC(=O)CNC(=O)CNC(=O)CCC(=O)N1CCOCCN(C(=O)CCN2C(=O)C=CC2=O)CCOCC1. The van der Waals surface area contributed by atoms with E-state index in [1.54, 1.807) is 29.2 Å². The Morgan fingerprint density at radius 2 is 1.19 bits per heavy atom. The first-order chi connectivity index (χ1) is 25.4. The molecule has 2 aliphatic rings. The molecule has 0 saturated carbocycles. The number of imide groups is 1. The first-order valence-electron chi connectivity index (χ1n) is 17.3. The van der Waals surface area contributed by atoms with E-state index in [-0.39, 0.29) is 109 Å². The van der Waals surface area contributed by atoms with Crippen molar-refractivity contribution in [3.63, 3.8) is 0 Å². The molecule has 1 saturated heterocycles. The smallest absolute Gasteiger partial charge is 0.253 e. The number of carbonyl (C=O) groups is 9. The van der Waals surface area contributed by atoms with Crippen LogP contribution in [0.25, 0.3) is 0 Å². The Morgan fingerprint density at radius 1 is 0.660 bits per heavy atom. The number of nitrogens with zero attached hydrogens (tertiary/aromatic N) is 3. The quantitative estimate of drug-likeness (QED) is 0.129. The Balaban J connectivity index is 1.33. The van der Waals surface area contributed by atoms with E-state index in [0.717, 1.165) is 22.6 Å². The lowest BCUT2D eigenvalue weighted by Gasteiger charge is -2.27. The predicted octanol–water partition coefficient (Wildman–Crippen LogP) is -2.55. The Kier molecular flexibility index (Phi) is 17.8. The van der Waals surface area contributed by atoms with E-state index in [1.807, 2.05) is 6.07 Å². The van der Waals surface area contributed by atoms with Gasteiger partial charge in [0.2, 0.25) is 35.4 Å². The van der Waals surface area contributed by atoms with Gasteiger partial charge in [0, 0.05) is 70.6 Å². The van der Waals surface area contributed by atoms with Gasteiger partial charge in [-0.15, -0.1) is 0 Å². The fraction of sp³-hybridized carbons (Fsp3) is 0.514. The molecule has 53 heavy (non-hydrogen) atoms. The summed E-state index contributed by atoms with van der Waals surface area (Å²) >= 11 is 0. The fourth-order valence-corrected chi connectivity index (χ4v) is 5.17. The number of ketones is 1. The van der Waals surface area contributed by atoms with Crippen LogP contribution in [0, 0.1) is 0 Å². The summed E-state index contributed by atoms with van der Waals surface area (Å²) in [6, 6.07) is 7.95. The number of benzene rings is 1. The standard InChI is InChI=1S/C35H47N7O11/c1-25(43)22-38-35(51)27(21-26-5-3-2-4-6-26)39-30(46)24-37-29(45)23-36-28(44)7-8-31(47)40-13-17-52-19-15-41(16-20-53-18-14-40)32(48)11-12-42-33(49)9-10-34(42)50/h2-6,9-10,27H,7-8,11-24H2,1H3,(H,36,44)(H,37,45)(H,38,51)(H,39,46)/t27-/m0/s1. The zero-order chi connectivity index (χ0) is 38.6. The summed E-state index contributed by atoms with van der Waals surface area (Å²) in [6.07, 6.45) is 2.13. The average Bonchev–Trinajstić information content (AvgIpc) is 3.46. The molecule has 0 aromatic heterocycles. The zero-order valence-corrected chi connectivity index (χ0v) is 29.8. The molecule has 18 heteroatoms. The molecule has 2 aliphatic heterocycles. The summed E-state index contributed by atoms with van der Waals surface area (Å²) in [5, 5.41) is 9.81. The van der Waals surface area contributed by atoms with Crippen molar-refractivity contribution >= 4 is 53.0 Å². The second-order valence-corrected chi connectivity index (χ2v) is 12.2. The molecule has 288 valence electrons. The third-order valence-electron chi connectivity index (χ3n) is 8.08. The third-order valence-corrected chi connectivity index (χ3v) is 8.08. The maximum atomic E-state index is 12.9. The molecule has 2 heterocycles. The van der Waals surface area contributed by atoms with Crippen molar-refractivity contribution in [3.05, 3.63) is 48.0 Å². The molecular formula is C35H47N7O11. The summed E-state index contributed by atoms with van der Waals surface area (Å²) in [5.74, 6) is -4.15. The van der Waals surface area contributed by atoms with Crippen LogP contribution in [-0.2, 0) is 59.0 Å². The zero-order valence-electron chi connectivity index (χ0n) is 29.8. The average molecular weight is 742 g/mol.